The van der Waals surface area contributed by atoms with E-state index in [-0.39, 0.29) is 11.9 Å². The van der Waals surface area contributed by atoms with Crippen LogP contribution in [-0.2, 0) is 4.79 Å². The Kier molecular flexibility index (Phi) is 4.36. The van der Waals surface area contributed by atoms with Crippen LogP contribution in [0.5, 0.6) is 0 Å². The quantitative estimate of drug-likeness (QED) is 0.904. The summed E-state index contributed by atoms with van der Waals surface area (Å²) in [7, 11) is 0. The number of nitrogens with one attached hydrogen (secondary N) is 1. The molecule has 1 aromatic rings. The third-order valence-electron chi connectivity index (χ3n) is 4.49. The number of rotatable bonds is 5. The minimum absolute atomic E-state index is 0.142. The molecule has 1 aromatic heterocycles. The van der Waals surface area contributed by atoms with Crippen LogP contribution in [0.25, 0.3) is 0 Å². The van der Waals surface area contributed by atoms with Crippen LogP contribution in [-0.4, -0.2) is 39.9 Å². The Bertz CT molecular complexity index is 499. The summed E-state index contributed by atoms with van der Waals surface area (Å²) in [6.45, 7) is 3.71. The molecule has 114 valence electrons. The van der Waals surface area contributed by atoms with Crippen molar-refractivity contribution in [1.29, 1.82) is 0 Å². The highest BCUT2D eigenvalue weighted by Gasteiger charge is 2.29. The lowest BCUT2D eigenvalue weighted by atomic mass is 10.0. The smallest absolute Gasteiger partial charge is 0.224 e. The first-order chi connectivity index (χ1) is 10.3. The number of hydrogen-bond acceptors (Lipinski definition) is 4. The van der Waals surface area contributed by atoms with Gasteiger partial charge in [-0.05, 0) is 25.3 Å². The second kappa shape index (κ2) is 6.41. The van der Waals surface area contributed by atoms with Crippen molar-refractivity contribution < 1.29 is 4.79 Å². The molecule has 1 saturated carbocycles. The molecule has 0 bridgehead atoms. The highest BCUT2D eigenvalue weighted by Crippen LogP contribution is 2.33. The first-order valence-electron chi connectivity index (χ1n) is 8.13. The fourth-order valence-corrected chi connectivity index (χ4v) is 3.43. The summed E-state index contributed by atoms with van der Waals surface area (Å²) in [5.74, 6) is 1.51. The summed E-state index contributed by atoms with van der Waals surface area (Å²) in [5, 5.41) is 3.34. The van der Waals surface area contributed by atoms with Crippen LogP contribution in [0.1, 0.15) is 57.1 Å². The van der Waals surface area contributed by atoms with Crippen molar-refractivity contribution in [2.45, 2.75) is 57.4 Å². The van der Waals surface area contributed by atoms with Crippen LogP contribution in [0.15, 0.2) is 12.3 Å². The number of carbonyl (C=O) groups is 1. The van der Waals surface area contributed by atoms with Crippen molar-refractivity contribution in [2.24, 2.45) is 0 Å². The van der Waals surface area contributed by atoms with Gasteiger partial charge in [0.05, 0.1) is 6.04 Å². The number of anilines is 1. The van der Waals surface area contributed by atoms with E-state index in [9.17, 15) is 4.79 Å². The van der Waals surface area contributed by atoms with Crippen LogP contribution in [0.4, 0.5) is 5.95 Å². The molecule has 2 fully saturated rings. The average Bonchev–Trinajstić information content (AvgIpc) is 3.11. The molecule has 1 saturated heterocycles. The molecule has 0 radical (unpaired) electrons. The lowest BCUT2D eigenvalue weighted by Gasteiger charge is -2.16. The Labute approximate surface area is 126 Å². The summed E-state index contributed by atoms with van der Waals surface area (Å²) >= 11 is 0. The van der Waals surface area contributed by atoms with E-state index in [4.69, 9.17) is 0 Å². The van der Waals surface area contributed by atoms with Crippen molar-refractivity contribution in [1.82, 2.24) is 14.9 Å². The lowest BCUT2D eigenvalue weighted by Crippen LogP contribution is -2.29. The van der Waals surface area contributed by atoms with Gasteiger partial charge in [-0.3, -0.25) is 4.79 Å². The Morgan fingerprint density at radius 1 is 1.38 bits per heavy atom. The van der Waals surface area contributed by atoms with E-state index in [0.717, 1.165) is 25.2 Å². The largest absolute Gasteiger partial charge is 0.349 e. The number of amides is 1. The minimum Gasteiger partial charge on any atom is -0.349 e. The van der Waals surface area contributed by atoms with E-state index in [1.54, 1.807) is 0 Å². The van der Waals surface area contributed by atoms with Gasteiger partial charge in [-0.2, -0.15) is 0 Å². The Morgan fingerprint density at radius 2 is 2.19 bits per heavy atom. The molecule has 1 aliphatic carbocycles. The van der Waals surface area contributed by atoms with E-state index in [1.807, 2.05) is 17.2 Å². The third kappa shape index (κ3) is 3.34. The normalized spacial score (nSPS) is 23.0. The summed E-state index contributed by atoms with van der Waals surface area (Å²) < 4.78 is 0. The molecule has 1 atom stereocenters. The van der Waals surface area contributed by atoms with Gasteiger partial charge in [0.1, 0.15) is 0 Å². The van der Waals surface area contributed by atoms with Crippen molar-refractivity contribution >= 4 is 11.9 Å². The van der Waals surface area contributed by atoms with Crippen LogP contribution in [0.3, 0.4) is 0 Å². The van der Waals surface area contributed by atoms with Gasteiger partial charge in [-0.1, -0.05) is 19.8 Å². The Balaban J connectivity index is 1.63. The van der Waals surface area contributed by atoms with E-state index >= 15 is 0 Å². The molecule has 0 spiro atoms. The average molecular weight is 288 g/mol. The summed E-state index contributed by atoms with van der Waals surface area (Å²) in [6, 6.07) is 2.17. The molecule has 1 N–H and O–H groups in total. The number of hydrogen-bond donors (Lipinski definition) is 1. The number of nitrogens with zero attached hydrogens (tertiary/aromatic N) is 3. The van der Waals surface area contributed by atoms with Gasteiger partial charge in [-0.15, -0.1) is 0 Å². The molecule has 2 aliphatic rings. The van der Waals surface area contributed by atoms with Crippen molar-refractivity contribution in [3.63, 3.8) is 0 Å². The minimum atomic E-state index is 0.142. The number of carbonyl (C=O) groups excluding carboxylic acids is 1. The maximum atomic E-state index is 11.9. The van der Waals surface area contributed by atoms with Gasteiger partial charge in [0.25, 0.3) is 0 Å². The second-order valence-corrected chi connectivity index (χ2v) is 6.17. The molecule has 0 aromatic carbocycles. The van der Waals surface area contributed by atoms with Crippen molar-refractivity contribution in [3.05, 3.63) is 18.0 Å². The zero-order chi connectivity index (χ0) is 14.7. The predicted molar refractivity (Wildman–Crippen MR) is 82.1 cm³/mol. The molecule has 5 nitrogen and oxygen atoms in total. The zero-order valence-corrected chi connectivity index (χ0v) is 12.7. The number of aromatic nitrogens is 2. The first-order valence-corrected chi connectivity index (χ1v) is 8.13. The van der Waals surface area contributed by atoms with Gasteiger partial charge in [0.2, 0.25) is 11.9 Å². The monoisotopic (exact) mass is 288 g/mol. The van der Waals surface area contributed by atoms with E-state index < -0.39 is 0 Å². The van der Waals surface area contributed by atoms with Gasteiger partial charge in [0, 0.05) is 37.3 Å². The molecule has 21 heavy (non-hydrogen) atoms. The molecule has 1 aliphatic heterocycles. The van der Waals surface area contributed by atoms with Gasteiger partial charge >= 0.3 is 0 Å². The molecule has 3 rings (SSSR count). The summed E-state index contributed by atoms with van der Waals surface area (Å²) in [5.41, 5.74) is 1.15. The standard InChI is InChI=1S/C16H24N4O/c1-2-9-20-11-13(10-15(20)21)18-16-17-8-7-14(19-16)12-5-3-4-6-12/h7-8,12-13H,2-6,9-11H2,1H3,(H,17,18,19)/t13-/m0/s1. The maximum Gasteiger partial charge on any atom is 0.224 e. The van der Waals surface area contributed by atoms with Crippen LogP contribution in [0.2, 0.25) is 0 Å². The molecule has 0 unspecified atom stereocenters. The van der Waals surface area contributed by atoms with Crippen LogP contribution in [0, 0.1) is 0 Å². The predicted octanol–water partition coefficient (Wildman–Crippen LogP) is 2.56. The molecule has 5 heteroatoms. The fourth-order valence-electron chi connectivity index (χ4n) is 3.43. The van der Waals surface area contributed by atoms with E-state index in [2.05, 4.69) is 22.2 Å². The highest BCUT2D eigenvalue weighted by atomic mass is 16.2. The Hall–Kier alpha value is -1.65. The second-order valence-electron chi connectivity index (χ2n) is 6.17. The lowest BCUT2D eigenvalue weighted by molar-refractivity contribution is -0.127. The highest BCUT2D eigenvalue weighted by molar-refractivity contribution is 5.79. The summed E-state index contributed by atoms with van der Waals surface area (Å²) in [4.78, 5) is 22.8. The van der Waals surface area contributed by atoms with E-state index in [1.165, 1.54) is 25.7 Å². The molecule has 2 heterocycles. The summed E-state index contributed by atoms with van der Waals surface area (Å²) in [6.07, 6.45) is 8.49. The van der Waals surface area contributed by atoms with Gasteiger partial charge in [-0.25, -0.2) is 9.97 Å². The SMILES string of the molecule is CCCN1C[C@@H](Nc2nccc(C3CCCC3)n2)CC1=O. The van der Waals surface area contributed by atoms with Crippen molar-refractivity contribution in [3.8, 4) is 0 Å². The molecule has 1 amide bonds. The third-order valence-corrected chi connectivity index (χ3v) is 4.49. The fraction of sp³-hybridized carbons (Fsp3) is 0.688. The van der Waals surface area contributed by atoms with Gasteiger partial charge in [0.15, 0.2) is 0 Å². The first kappa shape index (κ1) is 14.3. The zero-order valence-electron chi connectivity index (χ0n) is 12.7. The van der Waals surface area contributed by atoms with Crippen molar-refractivity contribution in [2.75, 3.05) is 18.4 Å². The van der Waals surface area contributed by atoms with Crippen LogP contribution < -0.4 is 5.32 Å². The van der Waals surface area contributed by atoms with E-state index in [0.29, 0.717) is 18.3 Å². The van der Waals surface area contributed by atoms with Gasteiger partial charge < -0.3 is 10.2 Å². The topological polar surface area (TPSA) is 58.1 Å². The molecular weight excluding hydrogens is 264 g/mol. The van der Waals surface area contributed by atoms with Crippen LogP contribution >= 0.6 is 0 Å². The Morgan fingerprint density at radius 3 is 2.95 bits per heavy atom. The number of likely N-dealkylation sites (tertiary alicyclic amines) is 1. The molecular formula is C16H24N4O. The maximum absolute atomic E-state index is 11.9.